The number of benzene rings is 1. The van der Waals surface area contributed by atoms with E-state index < -0.39 is 11.7 Å². The summed E-state index contributed by atoms with van der Waals surface area (Å²) in [7, 11) is 1.62. The van der Waals surface area contributed by atoms with Gasteiger partial charge in [-0.3, -0.25) is 14.8 Å². The number of carbonyl (C=O) groups is 2. The van der Waals surface area contributed by atoms with Crippen molar-refractivity contribution in [2.24, 2.45) is 0 Å². The van der Waals surface area contributed by atoms with Crippen LogP contribution in [0, 0.1) is 0 Å². The zero-order valence-corrected chi connectivity index (χ0v) is 21.9. The smallest absolute Gasteiger partial charge is 0.410 e. The fourth-order valence-corrected chi connectivity index (χ4v) is 5.02. The number of carbonyl (C=O) groups excluding carboxylic acids is 2. The summed E-state index contributed by atoms with van der Waals surface area (Å²) in [5.41, 5.74) is 2.29. The lowest BCUT2D eigenvalue weighted by Gasteiger charge is -2.39. The summed E-state index contributed by atoms with van der Waals surface area (Å²) in [6.07, 6.45) is 1.06. The number of nitrogens with zero attached hydrogens (tertiary/aromatic N) is 4. The Balaban J connectivity index is 1.34. The maximum absolute atomic E-state index is 13.4. The summed E-state index contributed by atoms with van der Waals surface area (Å²) in [6.45, 7) is 10.1. The van der Waals surface area contributed by atoms with Crippen molar-refractivity contribution in [1.82, 2.24) is 25.0 Å². The lowest BCUT2D eigenvalue weighted by Crippen LogP contribution is -2.50. The van der Waals surface area contributed by atoms with Gasteiger partial charge in [0.2, 0.25) is 5.78 Å². The van der Waals surface area contributed by atoms with Gasteiger partial charge in [-0.2, -0.15) is 5.10 Å². The van der Waals surface area contributed by atoms with E-state index in [4.69, 9.17) is 14.2 Å². The molecule has 0 bridgehead atoms. The zero-order chi connectivity index (χ0) is 26.3. The Morgan fingerprint density at radius 2 is 1.97 bits per heavy atom. The minimum absolute atomic E-state index is 0.0686. The van der Waals surface area contributed by atoms with Crippen molar-refractivity contribution in [3.8, 4) is 11.5 Å². The Labute approximate surface area is 215 Å². The molecule has 1 aromatic carbocycles. The summed E-state index contributed by atoms with van der Waals surface area (Å²) in [5, 5.41) is 8.17. The van der Waals surface area contributed by atoms with Gasteiger partial charge in [0.25, 0.3) is 0 Å². The van der Waals surface area contributed by atoms with E-state index in [9.17, 15) is 9.59 Å². The number of fused-ring (bicyclic) bond motifs is 2. The normalized spacial score (nSPS) is 19.0. The highest BCUT2D eigenvalue weighted by Gasteiger charge is 2.39. The summed E-state index contributed by atoms with van der Waals surface area (Å²) in [6, 6.07) is 7.30. The molecule has 37 heavy (non-hydrogen) atoms. The lowest BCUT2D eigenvalue weighted by molar-refractivity contribution is 0.0108. The Morgan fingerprint density at radius 1 is 1.22 bits per heavy atom. The van der Waals surface area contributed by atoms with E-state index in [1.807, 2.05) is 39.0 Å². The van der Waals surface area contributed by atoms with Crippen LogP contribution in [0.3, 0.4) is 0 Å². The average Bonchev–Trinajstić information content (AvgIpc) is 3.43. The summed E-state index contributed by atoms with van der Waals surface area (Å²) in [4.78, 5) is 34.1. The molecule has 2 atom stereocenters. The molecule has 1 saturated heterocycles. The first-order valence-corrected chi connectivity index (χ1v) is 12.6. The van der Waals surface area contributed by atoms with Gasteiger partial charge in [-0.05, 0) is 52.0 Å². The second-order valence-corrected chi connectivity index (χ2v) is 10.5. The predicted molar refractivity (Wildman–Crippen MR) is 137 cm³/mol. The van der Waals surface area contributed by atoms with Crippen LogP contribution in [0.5, 0.6) is 11.5 Å². The molecule has 0 aliphatic carbocycles. The highest BCUT2D eigenvalue weighted by molar-refractivity contribution is 6.05. The number of aromatic nitrogens is 3. The van der Waals surface area contributed by atoms with E-state index in [2.05, 4.69) is 27.0 Å². The van der Waals surface area contributed by atoms with Gasteiger partial charge in [0.1, 0.15) is 17.1 Å². The maximum Gasteiger partial charge on any atom is 0.410 e. The first-order chi connectivity index (χ1) is 17.7. The van der Waals surface area contributed by atoms with E-state index in [1.54, 1.807) is 24.3 Å². The quantitative estimate of drug-likeness (QED) is 0.556. The number of ketones is 1. The van der Waals surface area contributed by atoms with Crippen molar-refractivity contribution in [3.05, 3.63) is 47.3 Å². The van der Waals surface area contributed by atoms with Gasteiger partial charge >= 0.3 is 6.09 Å². The Kier molecular flexibility index (Phi) is 6.53. The number of piperazine rings is 1. The van der Waals surface area contributed by atoms with Crippen LogP contribution in [0.1, 0.15) is 55.4 Å². The summed E-state index contributed by atoms with van der Waals surface area (Å²) < 4.78 is 17.6. The molecule has 1 fully saturated rings. The second-order valence-electron chi connectivity index (χ2n) is 10.5. The van der Waals surface area contributed by atoms with Gasteiger partial charge in [0, 0.05) is 50.2 Å². The molecule has 3 aromatic rings. The van der Waals surface area contributed by atoms with Gasteiger partial charge in [-0.15, -0.1) is 0 Å². The number of amides is 1. The fourth-order valence-electron chi connectivity index (χ4n) is 5.02. The number of nitrogens with one attached hydrogen (secondary N) is 1. The topological polar surface area (TPSA) is 110 Å². The molecule has 0 radical (unpaired) electrons. The van der Waals surface area contributed by atoms with Crippen LogP contribution in [-0.2, 0) is 11.2 Å². The number of rotatable bonds is 5. The van der Waals surface area contributed by atoms with E-state index in [-0.39, 0.29) is 17.9 Å². The maximum atomic E-state index is 13.4. The minimum atomic E-state index is -0.677. The monoisotopic (exact) mass is 507 g/mol. The molecule has 1 amide bonds. The Bertz CT molecular complexity index is 1320. The van der Waals surface area contributed by atoms with Crippen molar-refractivity contribution in [2.75, 3.05) is 33.3 Å². The third kappa shape index (κ3) is 4.85. The van der Waals surface area contributed by atoms with Crippen molar-refractivity contribution in [2.45, 2.75) is 51.9 Å². The van der Waals surface area contributed by atoms with Crippen LogP contribution in [0.4, 0.5) is 4.79 Å². The van der Waals surface area contributed by atoms with E-state index in [1.165, 1.54) is 0 Å². The zero-order valence-electron chi connectivity index (χ0n) is 21.9. The number of pyridine rings is 1. The number of hydrogen-bond acceptors (Lipinski definition) is 8. The van der Waals surface area contributed by atoms with Crippen LogP contribution in [0.25, 0.3) is 11.0 Å². The van der Waals surface area contributed by atoms with Crippen molar-refractivity contribution < 1.29 is 23.8 Å². The van der Waals surface area contributed by atoms with E-state index in [0.717, 1.165) is 16.6 Å². The highest BCUT2D eigenvalue weighted by atomic mass is 16.6. The molecule has 5 rings (SSSR count). The van der Waals surface area contributed by atoms with Gasteiger partial charge in [-0.1, -0.05) is 0 Å². The Morgan fingerprint density at radius 3 is 2.68 bits per heavy atom. The van der Waals surface area contributed by atoms with Crippen LogP contribution < -0.4 is 9.47 Å². The van der Waals surface area contributed by atoms with E-state index in [0.29, 0.717) is 55.3 Å². The molecule has 2 aliphatic heterocycles. The molecular weight excluding hydrogens is 474 g/mol. The molecule has 1 N–H and O–H groups in total. The number of ether oxygens (including phenoxy) is 3. The van der Waals surface area contributed by atoms with Crippen LogP contribution in [0.15, 0.2) is 30.5 Å². The molecule has 0 saturated carbocycles. The molecule has 196 valence electrons. The Hall–Kier alpha value is -3.66. The number of aromatic amines is 1. The molecule has 4 heterocycles. The van der Waals surface area contributed by atoms with Gasteiger partial charge < -0.3 is 19.1 Å². The highest BCUT2D eigenvalue weighted by Crippen LogP contribution is 2.44. The van der Waals surface area contributed by atoms with Crippen LogP contribution >= 0.6 is 0 Å². The third-order valence-electron chi connectivity index (χ3n) is 6.92. The molecule has 10 heteroatoms. The number of methoxy groups -OCH3 is 1. The summed E-state index contributed by atoms with van der Waals surface area (Å²) >= 11 is 0. The molecule has 0 spiro atoms. The van der Waals surface area contributed by atoms with Crippen LogP contribution in [0.2, 0.25) is 0 Å². The van der Waals surface area contributed by atoms with Crippen molar-refractivity contribution >= 4 is 22.9 Å². The first kappa shape index (κ1) is 25.0. The standard InChI is InChI=1S/C27H33N5O5/c1-16(31-11-13-32(14-12-31)26(34)37-27(2,3)4)22-20(35-5)9-8-18-23(33)21(36-24(18)22)15-19-17-7-6-10-28-25(17)30-29-19/h6-10,16,21H,11-15H2,1-5H3,(H,28,29,30). The van der Waals surface area contributed by atoms with Crippen molar-refractivity contribution in [3.63, 3.8) is 0 Å². The van der Waals surface area contributed by atoms with Gasteiger partial charge in [0.05, 0.1) is 23.9 Å². The molecule has 2 unspecified atom stereocenters. The third-order valence-corrected chi connectivity index (χ3v) is 6.92. The number of H-pyrrole nitrogens is 1. The molecule has 10 nitrogen and oxygen atoms in total. The summed E-state index contributed by atoms with van der Waals surface area (Å²) in [5.74, 6) is 1.17. The fraction of sp³-hybridized carbons (Fsp3) is 0.481. The SMILES string of the molecule is COc1ccc2c(c1C(C)N1CCN(C(=O)OC(C)(C)C)CC1)OC(Cc1n[nH]c3ncccc13)C2=O. The molecule has 2 aromatic heterocycles. The average molecular weight is 508 g/mol. The second kappa shape index (κ2) is 9.66. The number of Topliss-reactive ketones (excluding diaryl/α,β-unsaturated/α-hetero) is 1. The van der Waals surface area contributed by atoms with Gasteiger partial charge in [-0.25, -0.2) is 9.78 Å². The first-order valence-electron chi connectivity index (χ1n) is 12.6. The minimum Gasteiger partial charge on any atom is -0.496 e. The lowest BCUT2D eigenvalue weighted by atomic mass is 9.97. The van der Waals surface area contributed by atoms with Crippen LogP contribution in [-0.4, -0.2) is 81.9 Å². The van der Waals surface area contributed by atoms with Crippen molar-refractivity contribution in [1.29, 1.82) is 0 Å². The molecule has 2 aliphatic rings. The van der Waals surface area contributed by atoms with E-state index >= 15 is 0 Å². The van der Waals surface area contributed by atoms with Gasteiger partial charge in [0.15, 0.2) is 11.8 Å². The number of hydrogen-bond donors (Lipinski definition) is 1. The molecular formula is C27H33N5O5. The predicted octanol–water partition coefficient (Wildman–Crippen LogP) is 3.77. The largest absolute Gasteiger partial charge is 0.496 e.